The Morgan fingerprint density at radius 1 is 1.32 bits per heavy atom. The normalized spacial score (nSPS) is 18.0. The molecule has 2 heterocycles. The Bertz CT molecular complexity index is 717. The molecule has 7 nitrogen and oxygen atoms in total. The predicted molar refractivity (Wildman–Crippen MR) is 112 cm³/mol. The highest BCUT2D eigenvalue weighted by atomic mass is 16.3. The highest BCUT2D eigenvalue weighted by Gasteiger charge is 2.25. The minimum Gasteiger partial charge on any atom is -0.461 e. The average molecular weight is 387 g/mol. The van der Waals surface area contributed by atoms with E-state index in [0.29, 0.717) is 36.5 Å². The molecule has 2 unspecified atom stereocenters. The van der Waals surface area contributed by atoms with Crippen molar-refractivity contribution in [2.75, 3.05) is 13.1 Å². The molecule has 1 aliphatic rings. The van der Waals surface area contributed by atoms with Gasteiger partial charge in [-0.2, -0.15) is 5.10 Å². The zero-order chi connectivity index (χ0) is 19.8. The zero-order valence-electron chi connectivity index (χ0n) is 17.4. The highest BCUT2D eigenvalue weighted by molar-refractivity contribution is 5.80. The molecular formula is C21H34N6O. The van der Waals surface area contributed by atoms with Crippen LogP contribution in [0.25, 0.3) is 11.6 Å². The van der Waals surface area contributed by atoms with Crippen LogP contribution < -0.4 is 10.6 Å². The first-order chi connectivity index (χ1) is 13.7. The summed E-state index contributed by atoms with van der Waals surface area (Å²) in [4.78, 5) is 9.21. The van der Waals surface area contributed by atoms with Crippen molar-refractivity contribution in [3.05, 3.63) is 24.2 Å². The van der Waals surface area contributed by atoms with Crippen molar-refractivity contribution in [2.45, 2.75) is 65.3 Å². The van der Waals surface area contributed by atoms with Crippen LogP contribution in [0.5, 0.6) is 0 Å². The summed E-state index contributed by atoms with van der Waals surface area (Å²) in [5, 5.41) is 14.1. The van der Waals surface area contributed by atoms with Gasteiger partial charge in [-0.25, -0.2) is 4.98 Å². The molecule has 1 saturated carbocycles. The maximum absolute atomic E-state index is 5.33. The lowest BCUT2D eigenvalue weighted by molar-refractivity contribution is 0.229. The summed E-state index contributed by atoms with van der Waals surface area (Å²) in [6, 6.07) is 4.09. The number of aliphatic imine (C=N–C) groups is 1. The largest absolute Gasteiger partial charge is 0.461 e. The number of nitrogens with one attached hydrogen (secondary N) is 3. The molecule has 28 heavy (non-hydrogen) atoms. The van der Waals surface area contributed by atoms with E-state index < -0.39 is 0 Å². The van der Waals surface area contributed by atoms with Crippen molar-refractivity contribution in [1.82, 2.24) is 25.8 Å². The molecule has 2 atom stereocenters. The molecule has 0 aromatic carbocycles. The third kappa shape index (κ3) is 5.59. The van der Waals surface area contributed by atoms with Gasteiger partial charge in [0.15, 0.2) is 11.7 Å². The lowest BCUT2D eigenvalue weighted by atomic mass is 9.78. The van der Waals surface area contributed by atoms with Crippen molar-refractivity contribution in [1.29, 1.82) is 0 Å². The Kier molecular flexibility index (Phi) is 7.51. The summed E-state index contributed by atoms with van der Waals surface area (Å²) >= 11 is 0. The number of aromatic amines is 1. The second-order valence-corrected chi connectivity index (χ2v) is 7.78. The smallest absolute Gasteiger partial charge is 0.216 e. The maximum atomic E-state index is 5.33. The van der Waals surface area contributed by atoms with E-state index in [-0.39, 0.29) is 0 Å². The lowest BCUT2D eigenvalue weighted by Crippen LogP contribution is -2.46. The molecular weight excluding hydrogens is 352 g/mol. The second-order valence-electron chi connectivity index (χ2n) is 7.78. The van der Waals surface area contributed by atoms with Gasteiger partial charge in [0.05, 0.1) is 6.26 Å². The van der Waals surface area contributed by atoms with Gasteiger partial charge < -0.3 is 15.1 Å². The highest BCUT2D eigenvalue weighted by Crippen LogP contribution is 2.31. The molecule has 154 valence electrons. The number of H-pyrrole nitrogens is 1. The number of nitrogens with zero attached hydrogens (tertiary/aromatic N) is 3. The minimum absolute atomic E-state index is 0.400. The van der Waals surface area contributed by atoms with Crippen LogP contribution in [0.2, 0.25) is 0 Å². The molecule has 3 N–H and O–H groups in total. The zero-order valence-corrected chi connectivity index (χ0v) is 17.4. The Morgan fingerprint density at radius 3 is 2.86 bits per heavy atom. The van der Waals surface area contributed by atoms with E-state index in [0.717, 1.165) is 24.2 Å². The number of aromatic nitrogens is 3. The molecule has 0 bridgehead atoms. The Morgan fingerprint density at radius 2 is 2.14 bits per heavy atom. The predicted octanol–water partition coefficient (Wildman–Crippen LogP) is 3.77. The standard InChI is InChI=1S/C21H34N6O/c1-4-22-21(24-16(3)15(2)17-9-6-5-7-10-17)23-13-12-19-25-20(27-26-19)18-11-8-14-28-18/h8,11,14-17H,4-7,9-10,12-13H2,1-3H3,(H2,22,23,24)(H,25,26,27). The van der Waals surface area contributed by atoms with Crippen molar-refractivity contribution in [3.8, 4) is 11.6 Å². The van der Waals surface area contributed by atoms with Gasteiger partial charge in [0.1, 0.15) is 5.82 Å². The van der Waals surface area contributed by atoms with E-state index in [2.05, 4.69) is 46.6 Å². The minimum atomic E-state index is 0.400. The van der Waals surface area contributed by atoms with Gasteiger partial charge in [-0.05, 0) is 37.8 Å². The fourth-order valence-electron chi connectivity index (χ4n) is 3.93. The van der Waals surface area contributed by atoms with Gasteiger partial charge in [0, 0.05) is 25.6 Å². The van der Waals surface area contributed by atoms with E-state index in [1.54, 1.807) is 6.26 Å². The molecule has 7 heteroatoms. The summed E-state index contributed by atoms with van der Waals surface area (Å²) in [7, 11) is 0. The van der Waals surface area contributed by atoms with Crippen molar-refractivity contribution >= 4 is 5.96 Å². The molecule has 0 radical (unpaired) electrons. The van der Waals surface area contributed by atoms with Crippen molar-refractivity contribution in [3.63, 3.8) is 0 Å². The Balaban J connectivity index is 1.52. The number of hydrogen-bond acceptors (Lipinski definition) is 4. The first-order valence-corrected chi connectivity index (χ1v) is 10.7. The molecule has 0 spiro atoms. The van der Waals surface area contributed by atoms with Gasteiger partial charge >= 0.3 is 0 Å². The van der Waals surface area contributed by atoms with E-state index in [1.165, 1.54) is 32.1 Å². The fraction of sp³-hybridized carbons (Fsp3) is 0.667. The van der Waals surface area contributed by atoms with Crippen LogP contribution >= 0.6 is 0 Å². The molecule has 1 fully saturated rings. The topological polar surface area (TPSA) is 91.1 Å². The number of hydrogen-bond donors (Lipinski definition) is 3. The van der Waals surface area contributed by atoms with E-state index >= 15 is 0 Å². The van der Waals surface area contributed by atoms with Crippen molar-refractivity contribution < 1.29 is 4.42 Å². The summed E-state index contributed by atoms with van der Waals surface area (Å²) in [5.74, 6) is 4.43. The van der Waals surface area contributed by atoms with Gasteiger partial charge in [0.25, 0.3) is 0 Å². The van der Waals surface area contributed by atoms with Crippen LogP contribution in [-0.4, -0.2) is 40.3 Å². The SMILES string of the molecule is CCNC(=NCCc1nc(-c2ccco2)n[nH]1)NC(C)C(C)C1CCCCC1. The Labute approximate surface area is 167 Å². The quantitative estimate of drug-likeness (QED) is 0.474. The summed E-state index contributed by atoms with van der Waals surface area (Å²) in [6.07, 6.45) is 9.23. The number of guanidine groups is 1. The van der Waals surface area contributed by atoms with Crippen LogP contribution in [0, 0.1) is 11.8 Å². The molecule has 2 aromatic rings. The Hall–Kier alpha value is -2.31. The summed E-state index contributed by atoms with van der Waals surface area (Å²) < 4.78 is 5.33. The molecule has 3 rings (SSSR count). The first-order valence-electron chi connectivity index (χ1n) is 10.7. The van der Waals surface area contributed by atoms with Gasteiger partial charge in [-0.15, -0.1) is 0 Å². The van der Waals surface area contributed by atoms with E-state index in [1.807, 2.05) is 12.1 Å². The van der Waals surface area contributed by atoms with E-state index in [9.17, 15) is 0 Å². The van der Waals surface area contributed by atoms with Crippen LogP contribution in [0.4, 0.5) is 0 Å². The molecule has 1 aliphatic carbocycles. The number of furan rings is 1. The van der Waals surface area contributed by atoms with Crippen LogP contribution in [0.15, 0.2) is 27.8 Å². The van der Waals surface area contributed by atoms with Crippen LogP contribution in [-0.2, 0) is 6.42 Å². The van der Waals surface area contributed by atoms with Crippen LogP contribution in [0.1, 0.15) is 58.7 Å². The van der Waals surface area contributed by atoms with Crippen LogP contribution in [0.3, 0.4) is 0 Å². The molecule has 2 aromatic heterocycles. The summed E-state index contributed by atoms with van der Waals surface area (Å²) in [5.41, 5.74) is 0. The second kappa shape index (κ2) is 10.3. The third-order valence-corrected chi connectivity index (χ3v) is 5.78. The van der Waals surface area contributed by atoms with Gasteiger partial charge in [0.2, 0.25) is 5.82 Å². The monoisotopic (exact) mass is 386 g/mol. The average Bonchev–Trinajstić information content (AvgIpc) is 3.40. The van der Waals surface area contributed by atoms with Crippen molar-refractivity contribution in [2.24, 2.45) is 16.8 Å². The lowest BCUT2D eigenvalue weighted by Gasteiger charge is -2.32. The van der Waals surface area contributed by atoms with Gasteiger partial charge in [-0.3, -0.25) is 10.1 Å². The molecule has 0 saturated heterocycles. The number of rotatable bonds is 8. The molecule has 0 aliphatic heterocycles. The summed E-state index contributed by atoms with van der Waals surface area (Å²) in [6.45, 7) is 8.24. The third-order valence-electron chi connectivity index (χ3n) is 5.78. The van der Waals surface area contributed by atoms with E-state index in [4.69, 9.17) is 9.41 Å². The first kappa shape index (κ1) is 20.4. The van der Waals surface area contributed by atoms with Gasteiger partial charge in [-0.1, -0.05) is 39.0 Å². The fourth-order valence-corrected chi connectivity index (χ4v) is 3.93. The maximum Gasteiger partial charge on any atom is 0.216 e. The molecule has 0 amide bonds.